The summed E-state index contributed by atoms with van der Waals surface area (Å²) in [5, 5.41) is 6.61. The van der Waals surface area contributed by atoms with Crippen molar-refractivity contribution in [1.82, 2.24) is 9.29 Å². The van der Waals surface area contributed by atoms with Crippen molar-refractivity contribution in [2.24, 2.45) is 0 Å². The standard InChI is InChI=1S/C25H21F6N3O4S.ClH/c1-15-11-19(38-25(29,30)31)6-10-22(15)33-17-3-9-21-16(13-32-2)14-34(23(21)12-17)39(35,36)20-7-4-18(5-8-20)37-24(26,27)28;/h3-12,14,32-33H,13H2,1-2H3;1H. The molecule has 15 heteroatoms. The van der Waals surface area contributed by atoms with Crippen LogP contribution in [0.1, 0.15) is 11.1 Å². The third-order valence-corrected chi connectivity index (χ3v) is 7.23. The van der Waals surface area contributed by atoms with Crippen molar-refractivity contribution in [1.29, 1.82) is 0 Å². The first-order chi connectivity index (χ1) is 18.2. The fourth-order valence-corrected chi connectivity index (χ4v) is 5.31. The monoisotopic (exact) mass is 609 g/mol. The Morgan fingerprint density at radius 1 is 0.850 bits per heavy atom. The van der Waals surface area contributed by atoms with Crippen LogP contribution in [0.25, 0.3) is 10.9 Å². The molecule has 0 fully saturated rings. The number of anilines is 2. The van der Waals surface area contributed by atoms with Crippen molar-refractivity contribution in [2.45, 2.75) is 31.1 Å². The average molecular weight is 610 g/mol. The normalized spacial score (nSPS) is 12.2. The van der Waals surface area contributed by atoms with Crippen LogP contribution in [0.5, 0.6) is 11.5 Å². The van der Waals surface area contributed by atoms with Crippen LogP contribution >= 0.6 is 12.4 Å². The van der Waals surface area contributed by atoms with E-state index < -0.39 is 28.5 Å². The van der Waals surface area contributed by atoms with E-state index in [2.05, 4.69) is 20.1 Å². The highest BCUT2D eigenvalue weighted by molar-refractivity contribution is 7.90. The summed E-state index contributed by atoms with van der Waals surface area (Å²) >= 11 is 0. The topological polar surface area (TPSA) is 81.6 Å². The number of halogens is 7. The zero-order valence-corrected chi connectivity index (χ0v) is 22.4. The summed E-state index contributed by atoms with van der Waals surface area (Å²) < 4.78 is 111. The van der Waals surface area contributed by atoms with Gasteiger partial charge in [-0.2, -0.15) is 0 Å². The number of aromatic nitrogens is 1. The Morgan fingerprint density at radius 3 is 2.02 bits per heavy atom. The number of hydrogen-bond donors (Lipinski definition) is 2. The number of fused-ring (bicyclic) bond motifs is 1. The lowest BCUT2D eigenvalue weighted by Crippen LogP contribution is -2.17. The number of aryl methyl sites for hydroxylation is 1. The van der Waals surface area contributed by atoms with Gasteiger partial charge in [0.2, 0.25) is 0 Å². The number of ether oxygens (including phenoxy) is 2. The summed E-state index contributed by atoms with van der Waals surface area (Å²) in [6.45, 7) is 1.90. The Hall–Kier alpha value is -3.62. The van der Waals surface area contributed by atoms with Crippen LogP contribution in [0.4, 0.5) is 37.7 Å². The van der Waals surface area contributed by atoms with Crippen LogP contribution in [0.2, 0.25) is 0 Å². The van der Waals surface area contributed by atoms with Gasteiger partial charge in [-0.15, -0.1) is 38.7 Å². The van der Waals surface area contributed by atoms with Gasteiger partial charge in [-0.25, -0.2) is 12.4 Å². The van der Waals surface area contributed by atoms with E-state index in [1.807, 2.05) is 0 Å². The lowest BCUT2D eigenvalue weighted by atomic mass is 10.1. The van der Waals surface area contributed by atoms with Gasteiger partial charge in [-0.1, -0.05) is 6.07 Å². The molecule has 3 aromatic carbocycles. The van der Waals surface area contributed by atoms with Gasteiger partial charge in [-0.05, 0) is 79.7 Å². The molecule has 7 nitrogen and oxygen atoms in total. The number of benzene rings is 3. The second-order valence-corrected chi connectivity index (χ2v) is 10.2. The zero-order chi connectivity index (χ0) is 28.6. The zero-order valence-electron chi connectivity index (χ0n) is 20.7. The molecule has 2 N–H and O–H groups in total. The predicted octanol–water partition coefficient (Wildman–Crippen LogP) is 6.87. The highest BCUT2D eigenvalue weighted by atomic mass is 35.5. The summed E-state index contributed by atoms with van der Waals surface area (Å²) in [6.07, 6.45) is -8.35. The van der Waals surface area contributed by atoms with E-state index in [0.29, 0.717) is 34.4 Å². The molecular weight excluding hydrogens is 588 g/mol. The molecular formula is C25H22ClF6N3O4S. The first kappa shape index (κ1) is 30.9. The number of nitrogens with zero attached hydrogens (tertiary/aromatic N) is 1. The lowest BCUT2D eigenvalue weighted by Gasteiger charge is -2.14. The van der Waals surface area contributed by atoms with Gasteiger partial charge in [0, 0.05) is 29.5 Å². The van der Waals surface area contributed by atoms with E-state index in [1.165, 1.54) is 18.3 Å². The molecule has 0 spiro atoms. The number of rotatable bonds is 8. The van der Waals surface area contributed by atoms with Crippen LogP contribution < -0.4 is 20.1 Å². The van der Waals surface area contributed by atoms with Gasteiger partial charge in [-0.3, -0.25) is 0 Å². The fourth-order valence-electron chi connectivity index (χ4n) is 3.93. The van der Waals surface area contributed by atoms with Gasteiger partial charge in [0.25, 0.3) is 10.0 Å². The smallest absolute Gasteiger partial charge is 0.406 e. The summed E-state index contributed by atoms with van der Waals surface area (Å²) in [5.74, 6) is -0.951. The molecule has 216 valence electrons. The number of alkyl halides is 6. The third-order valence-electron chi connectivity index (χ3n) is 5.55. The molecule has 0 saturated carbocycles. The minimum atomic E-state index is -4.92. The Bertz CT molecular complexity index is 1600. The van der Waals surface area contributed by atoms with Crippen molar-refractivity contribution in [2.75, 3.05) is 12.4 Å². The molecule has 0 aliphatic carbocycles. The molecule has 0 amide bonds. The van der Waals surface area contributed by atoms with E-state index in [0.717, 1.165) is 34.3 Å². The molecule has 0 radical (unpaired) electrons. The van der Waals surface area contributed by atoms with E-state index in [4.69, 9.17) is 0 Å². The summed E-state index contributed by atoms with van der Waals surface area (Å²) in [5.41, 5.74) is 2.26. The molecule has 1 heterocycles. The van der Waals surface area contributed by atoms with Crippen LogP contribution in [0.3, 0.4) is 0 Å². The van der Waals surface area contributed by atoms with Gasteiger partial charge in [0.15, 0.2) is 0 Å². The first-order valence-electron chi connectivity index (χ1n) is 11.2. The Kier molecular flexibility index (Phi) is 8.87. The minimum Gasteiger partial charge on any atom is -0.406 e. The van der Waals surface area contributed by atoms with Crippen molar-refractivity contribution in [3.8, 4) is 11.5 Å². The Balaban J connectivity index is 0.00000441. The van der Waals surface area contributed by atoms with Gasteiger partial charge in [0.05, 0.1) is 10.4 Å². The molecule has 0 aliphatic rings. The maximum Gasteiger partial charge on any atom is 0.573 e. The summed E-state index contributed by atoms with van der Waals surface area (Å²) in [4.78, 5) is -0.264. The van der Waals surface area contributed by atoms with Crippen LogP contribution in [-0.4, -0.2) is 32.2 Å². The number of nitrogens with one attached hydrogen (secondary N) is 2. The van der Waals surface area contributed by atoms with Gasteiger partial charge in [0.1, 0.15) is 11.5 Å². The number of hydrogen-bond acceptors (Lipinski definition) is 6. The van der Waals surface area contributed by atoms with E-state index in [-0.39, 0.29) is 28.6 Å². The summed E-state index contributed by atoms with van der Waals surface area (Å²) in [6, 6.07) is 12.5. The minimum absolute atomic E-state index is 0. The fraction of sp³-hybridized carbons (Fsp3) is 0.200. The SMILES string of the molecule is CNCc1cn(S(=O)(=O)c2ccc(OC(F)(F)F)cc2)c2cc(Nc3ccc(OC(F)(F)F)cc3C)ccc12.Cl. The van der Waals surface area contributed by atoms with Gasteiger partial charge < -0.3 is 20.1 Å². The van der Waals surface area contributed by atoms with Crippen molar-refractivity contribution in [3.05, 3.63) is 78.0 Å². The van der Waals surface area contributed by atoms with Crippen LogP contribution in [0, 0.1) is 6.92 Å². The second-order valence-electron chi connectivity index (χ2n) is 8.39. The third kappa shape index (κ3) is 7.11. The Labute approximate surface area is 231 Å². The average Bonchev–Trinajstić information content (AvgIpc) is 3.18. The molecule has 1 aromatic heterocycles. The highest BCUT2D eigenvalue weighted by Crippen LogP contribution is 2.33. The molecule has 4 aromatic rings. The van der Waals surface area contributed by atoms with Crippen molar-refractivity contribution in [3.63, 3.8) is 0 Å². The largest absolute Gasteiger partial charge is 0.573 e. The Morgan fingerprint density at radius 2 is 1.45 bits per heavy atom. The van der Waals surface area contributed by atoms with E-state index in [9.17, 15) is 34.8 Å². The van der Waals surface area contributed by atoms with Crippen molar-refractivity contribution < 1.29 is 44.2 Å². The predicted molar refractivity (Wildman–Crippen MR) is 139 cm³/mol. The maximum atomic E-state index is 13.5. The molecule has 0 aliphatic heterocycles. The van der Waals surface area contributed by atoms with Crippen LogP contribution in [0.15, 0.2) is 71.8 Å². The molecule has 40 heavy (non-hydrogen) atoms. The molecule has 0 unspecified atom stereocenters. The molecule has 0 bridgehead atoms. The van der Waals surface area contributed by atoms with E-state index >= 15 is 0 Å². The quantitative estimate of drug-likeness (QED) is 0.212. The van der Waals surface area contributed by atoms with E-state index in [1.54, 1.807) is 32.2 Å². The maximum absolute atomic E-state index is 13.5. The first-order valence-corrected chi connectivity index (χ1v) is 12.6. The lowest BCUT2D eigenvalue weighted by molar-refractivity contribution is -0.275. The molecule has 0 saturated heterocycles. The highest BCUT2D eigenvalue weighted by Gasteiger charge is 2.32. The second kappa shape index (κ2) is 11.5. The molecule has 0 atom stereocenters. The van der Waals surface area contributed by atoms with Gasteiger partial charge >= 0.3 is 12.7 Å². The van der Waals surface area contributed by atoms with Crippen LogP contribution in [-0.2, 0) is 16.6 Å². The van der Waals surface area contributed by atoms with Crippen molar-refractivity contribution >= 4 is 44.7 Å². The molecule has 4 rings (SSSR count). The summed E-state index contributed by atoms with van der Waals surface area (Å²) in [7, 11) is -2.56.